The first-order valence-corrected chi connectivity index (χ1v) is 6.66. The summed E-state index contributed by atoms with van der Waals surface area (Å²) in [5.74, 6) is 0.241. The number of aryl methyl sites for hydroxylation is 1. The second-order valence-corrected chi connectivity index (χ2v) is 5.86. The van der Waals surface area contributed by atoms with E-state index in [-0.39, 0.29) is 10.7 Å². The predicted octanol–water partition coefficient (Wildman–Crippen LogP) is 2.02. The third-order valence-corrected chi connectivity index (χ3v) is 4.34. The molecule has 0 spiro atoms. The Kier molecular flexibility index (Phi) is 3.04. The first-order chi connectivity index (χ1) is 8.01. The zero-order valence-electron chi connectivity index (χ0n) is 9.33. The molecular weight excluding hydrogens is 238 g/mol. The molecule has 0 aliphatic carbocycles. The second-order valence-electron chi connectivity index (χ2n) is 3.79. The smallest absolute Gasteiger partial charge is 0.201 e. The van der Waals surface area contributed by atoms with Crippen LogP contribution in [0.1, 0.15) is 16.7 Å². The average Bonchev–Trinajstić information content (AvgIpc) is 2.82. The van der Waals surface area contributed by atoms with Gasteiger partial charge in [-0.15, -0.1) is 0 Å². The zero-order chi connectivity index (χ0) is 12.5. The second kappa shape index (κ2) is 4.35. The molecule has 0 saturated carbocycles. The van der Waals surface area contributed by atoms with E-state index in [1.165, 1.54) is 6.26 Å². The number of rotatable bonds is 3. The fourth-order valence-electron chi connectivity index (χ4n) is 1.48. The Balaban J connectivity index is 2.40. The molecule has 0 aliphatic rings. The number of hydrogen-bond donors (Lipinski definition) is 1. The molecule has 0 amide bonds. The average molecular weight is 251 g/mol. The van der Waals surface area contributed by atoms with E-state index < -0.39 is 15.2 Å². The highest BCUT2D eigenvalue weighted by Crippen LogP contribution is 2.24. The Morgan fingerprint density at radius 3 is 2.35 bits per heavy atom. The summed E-state index contributed by atoms with van der Waals surface area (Å²) in [6.45, 7) is 1.89. The number of hydrogen-bond acceptors (Lipinski definition) is 4. The fraction of sp³-hybridized carbons (Fsp3) is 0.167. The van der Waals surface area contributed by atoms with Crippen LogP contribution in [-0.4, -0.2) is 8.42 Å². The zero-order valence-corrected chi connectivity index (χ0v) is 10.1. The van der Waals surface area contributed by atoms with E-state index in [9.17, 15) is 8.42 Å². The molecule has 0 fully saturated rings. The van der Waals surface area contributed by atoms with Crippen molar-refractivity contribution in [1.82, 2.24) is 0 Å². The Hall–Kier alpha value is -1.59. The van der Waals surface area contributed by atoms with E-state index in [1.807, 2.05) is 6.92 Å². The van der Waals surface area contributed by atoms with Gasteiger partial charge in [0.1, 0.15) is 5.76 Å². The quantitative estimate of drug-likeness (QED) is 0.905. The number of sulfone groups is 1. The Labute approximate surface area is 100.0 Å². The van der Waals surface area contributed by atoms with E-state index in [4.69, 9.17) is 10.2 Å². The SMILES string of the molecule is Cc1ccc(S(=O)(=O)C(N)c2ccco2)cc1. The number of furan rings is 1. The maximum atomic E-state index is 12.2. The Morgan fingerprint density at radius 1 is 1.18 bits per heavy atom. The Bertz CT molecular complexity index is 585. The minimum atomic E-state index is -3.59. The molecule has 2 N–H and O–H groups in total. The van der Waals surface area contributed by atoms with Crippen molar-refractivity contribution in [3.05, 3.63) is 54.0 Å². The lowest BCUT2D eigenvalue weighted by atomic mass is 10.2. The fourth-order valence-corrected chi connectivity index (χ4v) is 2.73. The van der Waals surface area contributed by atoms with E-state index in [0.29, 0.717) is 0 Å². The maximum absolute atomic E-state index is 12.2. The van der Waals surface area contributed by atoms with Crippen LogP contribution in [0, 0.1) is 6.92 Å². The van der Waals surface area contributed by atoms with Crippen LogP contribution in [0.15, 0.2) is 52.0 Å². The Morgan fingerprint density at radius 2 is 1.82 bits per heavy atom. The van der Waals surface area contributed by atoms with E-state index in [2.05, 4.69) is 0 Å². The van der Waals surface area contributed by atoms with Crippen LogP contribution in [-0.2, 0) is 9.84 Å². The van der Waals surface area contributed by atoms with Gasteiger partial charge in [-0.3, -0.25) is 0 Å². The van der Waals surface area contributed by atoms with Crippen LogP contribution in [0.4, 0.5) is 0 Å². The minimum Gasteiger partial charge on any atom is -0.467 e. The van der Waals surface area contributed by atoms with E-state index in [1.54, 1.807) is 36.4 Å². The summed E-state index contributed by atoms with van der Waals surface area (Å²) in [4.78, 5) is 0.201. The highest BCUT2D eigenvalue weighted by atomic mass is 32.2. The molecule has 1 unspecified atom stereocenters. The summed E-state index contributed by atoms with van der Waals surface area (Å²) >= 11 is 0. The molecule has 2 aromatic rings. The molecule has 2 rings (SSSR count). The van der Waals surface area contributed by atoms with Gasteiger partial charge in [-0.05, 0) is 31.2 Å². The molecule has 1 atom stereocenters. The van der Waals surface area contributed by atoms with Gasteiger partial charge in [0.15, 0.2) is 5.37 Å². The largest absolute Gasteiger partial charge is 0.467 e. The summed E-state index contributed by atoms with van der Waals surface area (Å²) in [7, 11) is -3.59. The van der Waals surface area contributed by atoms with Crippen LogP contribution in [0.5, 0.6) is 0 Å². The van der Waals surface area contributed by atoms with Crippen molar-refractivity contribution in [1.29, 1.82) is 0 Å². The van der Waals surface area contributed by atoms with Crippen LogP contribution in [0.2, 0.25) is 0 Å². The normalized spacial score (nSPS) is 13.5. The third kappa shape index (κ3) is 2.25. The molecule has 90 valence electrons. The molecule has 17 heavy (non-hydrogen) atoms. The van der Waals surface area contributed by atoms with Gasteiger partial charge in [0.25, 0.3) is 0 Å². The molecule has 0 saturated heterocycles. The molecule has 0 radical (unpaired) electrons. The first kappa shape index (κ1) is 11.9. The van der Waals surface area contributed by atoms with Crippen molar-refractivity contribution >= 4 is 9.84 Å². The molecule has 1 aromatic heterocycles. The summed E-state index contributed by atoms with van der Waals surface area (Å²) in [5.41, 5.74) is 6.70. The highest BCUT2D eigenvalue weighted by molar-refractivity contribution is 7.91. The van der Waals surface area contributed by atoms with Crippen molar-refractivity contribution in [2.75, 3.05) is 0 Å². The third-order valence-electron chi connectivity index (χ3n) is 2.51. The number of benzene rings is 1. The van der Waals surface area contributed by atoms with Gasteiger partial charge in [0.05, 0.1) is 11.2 Å². The predicted molar refractivity (Wildman–Crippen MR) is 64.0 cm³/mol. The summed E-state index contributed by atoms with van der Waals surface area (Å²) in [5, 5.41) is -1.17. The van der Waals surface area contributed by atoms with Crippen LogP contribution in [0.3, 0.4) is 0 Å². The minimum absolute atomic E-state index is 0.201. The molecule has 4 nitrogen and oxygen atoms in total. The van der Waals surface area contributed by atoms with Crippen LogP contribution < -0.4 is 5.73 Å². The lowest BCUT2D eigenvalue weighted by molar-refractivity contribution is 0.494. The summed E-state index contributed by atoms with van der Waals surface area (Å²) < 4.78 is 29.3. The van der Waals surface area contributed by atoms with E-state index >= 15 is 0 Å². The van der Waals surface area contributed by atoms with Gasteiger partial charge in [-0.2, -0.15) is 0 Å². The maximum Gasteiger partial charge on any atom is 0.201 e. The van der Waals surface area contributed by atoms with Gasteiger partial charge in [0, 0.05) is 0 Å². The van der Waals surface area contributed by atoms with Gasteiger partial charge in [-0.25, -0.2) is 8.42 Å². The molecule has 5 heteroatoms. The molecule has 0 aliphatic heterocycles. The summed E-state index contributed by atoms with van der Waals surface area (Å²) in [6.07, 6.45) is 1.40. The van der Waals surface area contributed by atoms with Gasteiger partial charge >= 0.3 is 0 Å². The topological polar surface area (TPSA) is 73.3 Å². The molecule has 0 bridgehead atoms. The van der Waals surface area contributed by atoms with Crippen molar-refractivity contribution in [2.45, 2.75) is 17.2 Å². The highest BCUT2D eigenvalue weighted by Gasteiger charge is 2.27. The van der Waals surface area contributed by atoms with Gasteiger partial charge < -0.3 is 10.2 Å². The standard InChI is InChI=1S/C12H13NO3S/c1-9-4-6-10(7-5-9)17(14,15)12(13)11-3-2-8-16-11/h2-8,12H,13H2,1H3. The van der Waals surface area contributed by atoms with Crippen LogP contribution >= 0.6 is 0 Å². The van der Waals surface area contributed by atoms with E-state index in [0.717, 1.165) is 5.56 Å². The van der Waals surface area contributed by atoms with Gasteiger partial charge in [-0.1, -0.05) is 17.7 Å². The molecule has 1 aromatic carbocycles. The van der Waals surface area contributed by atoms with Crippen molar-refractivity contribution in [3.63, 3.8) is 0 Å². The lowest BCUT2D eigenvalue weighted by Gasteiger charge is -2.10. The monoisotopic (exact) mass is 251 g/mol. The van der Waals surface area contributed by atoms with Crippen molar-refractivity contribution in [3.8, 4) is 0 Å². The van der Waals surface area contributed by atoms with Gasteiger partial charge in [0.2, 0.25) is 9.84 Å². The lowest BCUT2D eigenvalue weighted by Crippen LogP contribution is -2.21. The van der Waals surface area contributed by atoms with Crippen molar-refractivity contribution in [2.24, 2.45) is 5.73 Å². The first-order valence-electron chi connectivity index (χ1n) is 5.11. The van der Waals surface area contributed by atoms with Crippen molar-refractivity contribution < 1.29 is 12.8 Å². The molecule has 1 heterocycles. The number of nitrogens with two attached hydrogens (primary N) is 1. The molecular formula is C12H13NO3S. The van der Waals surface area contributed by atoms with Crippen LogP contribution in [0.25, 0.3) is 0 Å². The summed E-state index contributed by atoms with van der Waals surface area (Å²) in [6, 6.07) is 9.74.